The number of nitrogens with zero attached hydrogens (tertiary/aromatic N) is 2. The Morgan fingerprint density at radius 2 is 2.19 bits per heavy atom. The van der Waals surface area contributed by atoms with Gasteiger partial charge in [-0.05, 0) is 27.7 Å². The molecule has 0 bridgehead atoms. The average molecular weight is 221 g/mol. The summed E-state index contributed by atoms with van der Waals surface area (Å²) in [5.41, 5.74) is 1.92. The Morgan fingerprint density at radius 3 is 2.75 bits per heavy atom. The number of aromatic nitrogens is 2. The van der Waals surface area contributed by atoms with Crippen molar-refractivity contribution in [2.24, 2.45) is 0 Å². The highest BCUT2D eigenvalue weighted by Gasteiger charge is 2.04. The minimum atomic E-state index is 0.114. The highest BCUT2D eigenvalue weighted by molar-refractivity contribution is 5.32. The Hall–Kier alpha value is -1.58. The van der Waals surface area contributed by atoms with Gasteiger partial charge in [0.05, 0.1) is 6.10 Å². The van der Waals surface area contributed by atoms with Gasteiger partial charge in [0.25, 0.3) is 0 Å². The second-order valence-electron chi connectivity index (χ2n) is 4.15. The third kappa shape index (κ3) is 4.29. The zero-order valence-electron chi connectivity index (χ0n) is 10.4. The summed E-state index contributed by atoms with van der Waals surface area (Å²) in [6.45, 7) is 12.3. The molecule has 0 saturated heterocycles. The molecule has 1 rings (SSSR count). The van der Waals surface area contributed by atoms with E-state index in [0.29, 0.717) is 18.4 Å². The molecule has 0 aliphatic heterocycles. The molecule has 4 nitrogen and oxygen atoms in total. The van der Waals surface area contributed by atoms with Crippen LogP contribution in [0.15, 0.2) is 18.2 Å². The van der Waals surface area contributed by atoms with E-state index in [1.54, 1.807) is 0 Å². The van der Waals surface area contributed by atoms with E-state index >= 15 is 0 Å². The number of anilines is 1. The monoisotopic (exact) mass is 221 g/mol. The van der Waals surface area contributed by atoms with Gasteiger partial charge in [-0.1, -0.05) is 12.2 Å². The lowest BCUT2D eigenvalue weighted by molar-refractivity contribution is 0.232. The fraction of sp³-hybridized carbons (Fsp3) is 0.500. The Balaban J connectivity index is 2.77. The molecule has 0 aromatic carbocycles. The lowest BCUT2D eigenvalue weighted by Gasteiger charge is -2.11. The van der Waals surface area contributed by atoms with Gasteiger partial charge in [0.1, 0.15) is 0 Å². The minimum absolute atomic E-state index is 0.114. The molecule has 88 valence electrons. The topological polar surface area (TPSA) is 47.0 Å². The van der Waals surface area contributed by atoms with Crippen molar-refractivity contribution in [1.82, 2.24) is 9.97 Å². The summed E-state index contributed by atoms with van der Waals surface area (Å²) in [5.74, 6) is 1.19. The first kappa shape index (κ1) is 12.5. The van der Waals surface area contributed by atoms with E-state index in [9.17, 15) is 0 Å². The lowest BCUT2D eigenvalue weighted by Crippen LogP contribution is -2.11. The van der Waals surface area contributed by atoms with Crippen LogP contribution < -0.4 is 10.1 Å². The molecule has 0 saturated carbocycles. The Bertz CT molecular complexity index is 375. The minimum Gasteiger partial charge on any atom is -0.475 e. The second kappa shape index (κ2) is 5.49. The number of rotatable bonds is 5. The molecule has 0 atom stereocenters. The van der Waals surface area contributed by atoms with Crippen molar-refractivity contribution in [3.05, 3.63) is 23.9 Å². The van der Waals surface area contributed by atoms with Gasteiger partial charge in [-0.25, -0.2) is 4.98 Å². The third-order valence-corrected chi connectivity index (χ3v) is 1.74. The van der Waals surface area contributed by atoms with Gasteiger partial charge < -0.3 is 10.1 Å². The molecule has 0 amide bonds. The molecule has 0 spiro atoms. The summed E-state index contributed by atoms with van der Waals surface area (Å²) in [5, 5.41) is 3.10. The summed E-state index contributed by atoms with van der Waals surface area (Å²) in [6.07, 6.45) is 0.114. The van der Waals surface area contributed by atoms with E-state index < -0.39 is 0 Å². The fourth-order valence-corrected chi connectivity index (χ4v) is 1.15. The van der Waals surface area contributed by atoms with Gasteiger partial charge in [-0.2, -0.15) is 4.98 Å². The number of nitrogens with one attached hydrogen (secondary N) is 1. The summed E-state index contributed by atoms with van der Waals surface area (Å²) in [7, 11) is 0. The summed E-state index contributed by atoms with van der Waals surface area (Å²) in [4.78, 5) is 8.53. The van der Waals surface area contributed by atoms with Gasteiger partial charge in [0, 0.05) is 18.3 Å². The van der Waals surface area contributed by atoms with Gasteiger partial charge in [-0.15, -0.1) is 0 Å². The van der Waals surface area contributed by atoms with Gasteiger partial charge in [0.2, 0.25) is 11.8 Å². The quantitative estimate of drug-likeness (QED) is 0.776. The SMILES string of the molecule is C=C(C)CNc1nc(C)cc(OC(C)C)n1. The van der Waals surface area contributed by atoms with Gasteiger partial charge in [-0.3, -0.25) is 0 Å². The van der Waals surface area contributed by atoms with Crippen molar-refractivity contribution in [3.8, 4) is 5.88 Å². The molecule has 1 aromatic heterocycles. The summed E-state index contributed by atoms with van der Waals surface area (Å²) >= 11 is 0. The van der Waals surface area contributed by atoms with Crippen molar-refractivity contribution in [3.63, 3.8) is 0 Å². The molecule has 4 heteroatoms. The highest BCUT2D eigenvalue weighted by Crippen LogP contribution is 2.13. The molecule has 0 radical (unpaired) electrons. The average Bonchev–Trinajstić information content (AvgIpc) is 2.12. The molecular formula is C12H19N3O. The van der Waals surface area contributed by atoms with E-state index in [0.717, 1.165) is 11.3 Å². The van der Waals surface area contributed by atoms with Crippen LogP contribution in [0, 0.1) is 6.92 Å². The maximum Gasteiger partial charge on any atom is 0.226 e. The van der Waals surface area contributed by atoms with E-state index in [2.05, 4.69) is 21.9 Å². The predicted molar refractivity (Wildman–Crippen MR) is 65.8 cm³/mol. The molecule has 0 fully saturated rings. The smallest absolute Gasteiger partial charge is 0.226 e. The molecule has 0 aliphatic carbocycles. The Kier molecular flexibility index (Phi) is 4.28. The number of ether oxygens (including phenoxy) is 1. The van der Waals surface area contributed by atoms with Gasteiger partial charge >= 0.3 is 0 Å². The van der Waals surface area contributed by atoms with Gasteiger partial charge in [0.15, 0.2) is 0 Å². The first-order valence-corrected chi connectivity index (χ1v) is 5.38. The first-order valence-electron chi connectivity index (χ1n) is 5.38. The van der Waals surface area contributed by atoms with Crippen LogP contribution in [0.4, 0.5) is 5.95 Å². The van der Waals surface area contributed by atoms with Crippen LogP contribution >= 0.6 is 0 Å². The summed E-state index contributed by atoms with van der Waals surface area (Å²) in [6, 6.07) is 1.83. The van der Waals surface area contributed by atoms with Crippen molar-refractivity contribution in [1.29, 1.82) is 0 Å². The number of hydrogen-bond acceptors (Lipinski definition) is 4. The zero-order chi connectivity index (χ0) is 12.1. The first-order chi connectivity index (χ1) is 7.47. The second-order valence-corrected chi connectivity index (χ2v) is 4.15. The van der Waals surface area contributed by atoms with Crippen LogP contribution in [0.2, 0.25) is 0 Å². The maximum absolute atomic E-state index is 5.53. The molecular weight excluding hydrogens is 202 g/mol. The maximum atomic E-state index is 5.53. The molecule has 1 N–H and O–H groups in total. The Morgan fingerprint density at radius 1 is 1.50 bits per heavy atom. The van der Waals surface area contributed by atoms with Crippen molar-refractivity contribution in [2.75, 3.05) is 11.9 Å². The molecule has 16 heavy (non-hydrogen) atoms. The highest BCUT2D eigenvalue weighted by atomic mass is 16.5. The predicted octanol–water partition coefficient (Wildman–Crippen LogP) is 2.56. The van der Waals surface area contributed by atoms with E-state index in [4.69, 9.17) is 4.74 Å². The van der Waals surface area contributed by atoms with Crippen LogP contribution in [0.1, 0.15) is 26.5 Å². The third-order valence-electron chi connectivity index (χ3n) is 1.74. The standard InChI is InChI=1S/C12H19N3O/c1-8(2)7-13-12-14-10(5)6-11(15-12)16-9(3)4/h6,9H,1,7H2,2-5H3,(H,13,14,15). The Labute approximate surface area is 96.8 Å². The zero-order valence-corrected chi connectivity index (χ0v) is 10.4. The van der Waals surface area contributed by atoms with Crippen molar-refractivity contribution < 1.29 is 4.74 Å². The van der Waals surface area contributed by atoms with E-state index in [1.807, 2.05) is 33.8 Å². The fourth-order valence-electron chi connectivity index (χ4n) is 1.15. The van der Waals surface area contributed by atoms with Crippen LogP contribution in [0.5, 0.6) is 5.88 Å². The molecule has 1 heterocycles. The van der Waals surface area contributed by atoms with Crippen LogP contribution in [-0.2, 0) is 0 Å². The van der Waals surface area contributed by atoms with Crippen molar-refractivity contribution >= 4 is 5.95 Å². The van der Waals surface area contributed by atoms with Crippen LogP contribution in [0.3, 0.4) is 0 Å². The largest absolute Gasteiger partial charge is 0.475 e. The number of hydrogen-bond donors (Lipinski definition) is 1. The van der Waals surface area contributed by atoms with Crippen molar-refractivity contribution in [2.45, 2.75) is 33.8 Å². The lowest BCUT2D eigenvalue weighted by atomic mass is 10.3. The normalized spacial score (nSPS) is 10.3. The summed E-state index contributed by atoms with van der Waals surface area (Å²) < 4.78 is 5.53. The molecule has 0 aliphatic rings. The van der Waals surface area contributed by atoms with Crippen LogP contribution in [-0.4, -0.2) is 22.6 Å². The van der Waals surface area contributed by atoms with Crippen LogP contribution in [0.25, 0.3) is 0 Å². The molecule has 0 unspecified atom stereocenters. The number of aryl methyl sites for hydroxylation is 1. The van der Waals surface area contributed by atoms with E-state index in [-0.39, 0.29) is 6.10 Å². The molecule has 1 aromatic rings. The van der Waals surface area contributed by atoms with E-state index in [1.165, 1.54) is 0 Å².